The van der Waals surface area contributed by atoms with Crippen LogP contribution in [0.2, 0.25) is 0 Å². The number of rotatable bonds is 9. The lowest BCUT2D eigenvalue weighted by molar-refractivity contribution is -0.141. The van der Waals surface area contributed by atoms with Gasteiger partial charge in [0.15, 0.2) is 0 Å². The van der Waals surface area contributed by atoms with Crippen molar-refractivity contribution in [1.29, 1.82) is 0 Å². The van der Waals surface area contributed by atoms with Crippen molar-refractivity contribution in [3.05, 3.63) is 35.9 Å². The second kappa shape index (κ2) is 18.3. The maximum absolute atomic E-state index is 11.7. The molecule has 2 aliphatic heterocycles. The number of hydrogen-bond donors (Lipinski definition) is 2. The third-order valence-corrected chi connectivity index (χ3v) is 8.94. The highest BCUT2D eigenvalue weighted by molar-refractivity contribution is 8.47. The predicted octanol–water partition coefficient (Wildman–Crippen LogP) is 2.92. The van der Waals surface area contributed by atoms with Crippen molar-refractivity contribution < 1.29 is 33.4 Å². The third kappa shape index (κ3) is 13.2. The molecule has 208 valence electrons. The Morgan fingerprint density at radius 1 is 0.842 bits per heavy atom. The molecule has 0 radical (unpaired) electrons. The number of thioether (sulfide) groups is 3. The zero-order valence-electron chi connectivity index (χ0n) is 19.9. The van der Waals surface area contributed by atoms with E-state index in [2.05, 4.69) is 10.6 Å². The molecule has 2 N–H and O–H groups in total. The number of esters is 2. The molecule has 0 aromatic heterocycles. The first kappa shape index (κ1) is 34.0. The van der Waals surface area contributed by atoms with Crippen LogP contribution in [0.5, 0.6) is 0 Å². The zero-order chi connectivity index (χ0) is 27.2. The van der Waals surface area contributed by atoms with Gasteiger partial charge in [-0.15, -0.1) is 11.8 Å². The lowest BCUT2D eigenvalue weighted by Crippen LogP contribution is -2.39. The minimum atomic E-state index is -0.531. The first-order chi connectivity index (χ1) is 17.7. The van der Waals surface area contributed by atoms with Crippen molar-refractivity contribution in [1.82, 2.24) is 10.6 Å². The summed E-state index contributed by atoms with van der Waals surface area (Å²) in [6.45, 7) is 2.21. The topological polar surface area (TPSA) is 128 Å². The van der Waals surface area contributed by atoms with Gasteiger partial charge in [0, 0.05) is 12.8 Å². The van der Waals surface area contributed by atoms with Gasteiger partial charge in [0.05, 0.1) is 34.7 Å². The van der Waals surface area contributed by atoms with Crippen LogP contribution in [0.25, 0.3) is 0 Å². The standard InChI is InChI=1S/C13H13NO3S2.C10H13NO4S3.CH4/c15-11(14-10-6-7-17-12(10)16)8-19-13(18)9-4-2-1-3-5-9;1-6(12)4-17-10(16)18-5-8(13)11-7-2-3-15-9(7)14;/h1-5,10H,6-8H2,(H,14,15);7H,2-5H2,1H3,(H,11,13);1H4. The van der Waals surface area contributed by atoms with E-state index in [0.29, 0.717) is 39.5 Å². The maximum atomic E-state index is 11.7. The minimum absolute atomic E-state index is 0. The number of nitrogens with one attached hydrogen (secondary N) is 2. The SMILES string of the molecule is C.CC(=O)CSC(=S)SCC(=O)NC1CCOC1=O.O=C(CSC(=S)c1ccccc1)NC1CCOC1=O. The number of ketones is 1. The highest BCUT2D eigenvalue weighted by atomic mass is 32.2. The largest absolute Gasteiger partial charge is 0.464 e. The summed E-state index contributed by atoms with van der Waals surface area (Å²) >= 11 is 14.0. The number of carbonyl (C=O) groups excluding carboxylic acids is 5. The summed E-state index contributed by atoms with van der Waals surface area (Å²) in [5, 5.41) is 5.22. The Hall–Kier alpha value is -2.00. The van der Waals surface area contributed by atoms with Crippen molar-refractivity contribution in [2.75, 3.05) is 30.5 Å². The van der Waals surface area contributed by atoms with Gasteiger partial charge in [0.1, 0.15) is 21.4 Å². The molecule has 2 heterocycles. The quantitative estimate of drug-likeness (QED) is 0.312. The van der Waals surface area contributed by atoms with Gasteiger partial charge >= 0.3 is 11.9 Å². The molecular formula is C24H30N2O7S5. The molecule has 0 bridgehead atoms. The molecule has 1 aromatic carbocycles. The fourth-order valence-corrected chi connectivity index (χ4v) is 5.50. The Labute approximate surface area is 245 Å². The Morgan fingerprint density at radius 3 is 1.76 bits per heavy atom. The van der Waals surface area contributed by atoms with E-state index in [1.807, 2.05) is 30.3 Å². The van der Waals surface area contributed by atoms with E-state index in [1.165, 1.54) is 42.2 Å². The van der Waals surface area contributed by atoms with Gasteiger partial charge in [0.25, 0.3) is 0 Å². The van der Waals surface area contributed by atoms with E-state index < -0.39 is 12.1 Å². The smallest absolute Gasteiger partial charge is 0.328 e. The van der Waals surface area contributed by atoms with E-state index in [-0.39, 0.29) is 48.5 Å². The zero-order valence-corrected chi connectivity index (χ0v) is 24.0. The second-order valence-corrected chi connectivity index (χ2v) is 12.4. The molecular weight excluding hydrogens is 589 g/mol. The molecule has 2 saturated heterocycles. The van der Waals surface area contributed by atoms with Crippen molar-refractivity contribution in [2.45, 2.75) is 39.3 Å². The third-order valence-electron chi connectivity index (χ3n) is 4.60. The summed E-state index contributed by atoms with van der Waals surface area (Å²) in [5.41, 5.74) is 0.926. The first-order valence-corrected chi connectivity index (χ1v) is 14.9. The van der Waals surface area contributed by atoms with Crippen LogP contribution < -0.4 is 10.6 Å². The molecule has 3 rings (SSSR count). The van der Waals surface area contributed by atoms with Gasteiger partial charge in [0.2, 0.25) is 11.8 Å². The summed E-state index contributed by atoms with van der Waals surface area (Å²) in [6.07, 6.45) is 1.05. The first-order valence-electron chi connectivity index (χ1n) is 11.1. The molecule has 0 spiro atoms. The van der Waals surface area contributed by atoms with Crippen LogP contribution in [-0.4, -0.2) is 79.8 Å². The van der Waals surface area contributed by atoms with Crippen LogP contribution in [0.15, 0.2) is 30.3 Å². The number of ether oxygens (including phenoxy) is 2. The number of benzene rings is 1. The Balaban J connectivity index is 0.000000371. The van der Waals surface area contributed by atoms with Crippen LogP contribution in [0.1, 0.15) is 32.8 Å². The molecule has 1 aromatic rings. The minimum Gasteiger partial charge on any atom is -0.464 e. The lowest BCUT2D eigenvalue weighted by Gasteiger charge is -2.08. The van der Waals surface area contributed by atoms with Crippen molar-refractivity contribution in [3.8, 4) is 0 Å². The highest BCUT2D eigenvalue weighted by Crippen LogP contribution is 2.17. The molecule has 9 nitrogen and oxygen atoms in total. The molecule has 2 amide bonds. The molecule has 2 atom stereocenters. The number of carbonyl (C=O) groups is 5. The summed E-state index contributed by atoms with van der Waals surface area (Å²) < 4.78 is 10.7. The van der Waals surface area contributed by atoms with Crippen molar-refractivity contribution in [3.63, 3.8) is 0 Å². The summed E-state index contributed by atoms with van der Waals surface area (Å²) in [5.74, 6) is -0.485. The van der Waals surface area contributed by atoms with Gasteiger partial charge in [-0.25, -0.2) is 9.59 Å². The highest BCUT2D eigenvalue weighted by Gasteiger charge is 2.28. The molecule has 2 fully saturated rings. The van der Waals surface area contributed by atoms with E-state index in [1.54, 1.807) is 0 Å². The van der Waals surface area contributed by atoms with Crippen molar-refractivity contribution in [2.24, 2.45) is 0 Å². The van der Waals surface area contributed by atoms with Crippen LogP contribution in [0, 0.1) is 0 Å². The maximum Gasteiger partial charge on any atom is 0.328 e. The van der Waals surface area contributed by atoms with Gasteiger partial charge < -0.3 is 20.1 Å². The van der Waals surface area contributed by atoms with E-state index >= 15 is 0 Å². The monoisotopic (exact) mass is 618 g/mol. The average molecular weight is 619 g/mol. The molecule has 2 unspecified atom stereocenters. The summed E-state index contributed by atoms with van der Waals surface area (Å²) in [6, 6.07) is 8.49. The van der Waals surface area contributed by atoms with Crippen LogP contribution in [0.3, 0.4) is 0 Å². The number of Topliss-reactive ketones (excluding diaryl/α,β-unsaturated/α-hetero) is 1. The fourth-order valence-electron chi connectivity index (χ4n) is 2.84. The molecule has 2 aliphatic rings. The van der Waals surface area contributed by atoms with Gasteiger partial charge in [-0.3, -0.25) is 14.4 Å². The normalized spacial score (nSPS) is 17.6. The molecule has 0 aliphatic carbocycles. The van der Waals surface area contributed by atoms with Gasteiger partial charge in [-0.1, -0.05) is 85.7 Å². The van der Waals surface area contributed by atoms with Crippen LogP contribution in [0.4, 0.5) is 0 Å². The number of amides is 2. The predicted molar refractivity (Wildman–Crippen MR) is 161 cm³/mol. The van der Waals surface area contributed by atoms with Crippen LogP contribution >= 0.6 is 59.7 Å². The fraction of sp³-hybridized carbons (Fsp3) is 0.458. The lowest BCUT2D eigenvalue weighted by atomic mass is 10.2. The molecule has 14 heteroatoms. The Bertz CT molecular complexity index is 1020. The Kier molecular flexibility index (Phi) is 16.4. The van der Waals surface area contributed by atoms with Crippen LogP contribution in [-0.2, 0) is 33.4 Å². The van der Waals surface area contributed by atoms with Crippen molar-refractivity contribution >= 4 is 97.0 Å². The number of thiocarbonyl (C=S) groups is 2. The second-order valence-electron chi connectivity index (χ2n) is 7.62. The molecule has 0 saturated carbocycles. The average Bonchev–Trinajstić information content (AvgIpc) is 3.47. The van der Waals surface area contributed by atoms with Gasteiger partial charge in [-0.05, 0) is 12.5 Å². The number of hydrogen-bond acceptors (Lipinski definition) is 12. The number of cyclic esters (lactones) is 2. The Morgan fingerprint density at radius 2 is 1.32 bits per heavy atom. The van der Waals surface area contributed by atoms with Gasteiger partial charge in [-0.2, -0.15) is 0 Å². The summed E-state index contributed by atoms with van der Waals surface area (Å²) in [4.78, 5) is 56.2. The van der Waals surface area contributed by atoms with E-state index in [9.17, 15) is 24.0 Å². The van der Waals surface area contributed by atoms with E-state index in [0.717, 1.165) is 5.56 Å². The summed E-state index contributed by atoms with van der Waals surface area (Å²) in [7, 11) is 0. The van der Waals surface area contributed by atoms with E-state index in [4.69, 9.17) is 33.9 Å². The molecule has 38 heavy (non-hydrogen) atoms.